The van der Waals surface area contributed by atoms with E-state index < -0.39 is 51.9 Å². The quantitative estimate of drug-likeness (QED) is 0.122. The van der Waals surface area contributed by atoms with E-state index in [4.69, 9.17) is 11.1 Å². The van der Waals surface area contributed by atoms with E-state index >= 15 is 0 Å². The summed E-state index contributed by atoms with van der Waals surface area (Å²) >= 11 is 0. The number of hydrogen-bond acceptors (Lipinski definition) is 7. The number of ketones is 1. The molecule has 0 radical (unpaired) electrons. The van der Waals surface area contributed by atoms with E-state index in [0.717, 1.165) is 5.56 Å². The van der Waals surface area contributed by atoms with Crippen LogP contribution in [-0.4, -0.2) is 49.6 Å². The van der Waals surface area contributed by atoms with Crippen LogP contribution in [0.15, 0.2) is 84.9 Å². The average molecular weight is 551 g/mol. The molecule has 2 atom stereocenters. The van der Waals surface area contributed by atoms with Crippen LogP contribution in [-0.2, 0) is 31.8 Å². The van der Waals surface area contributed by atoms with Crippen molar-refractivity contribution in [3.8, 4) is 0 Å². The molecular weight excluding hydrogens is 520 g/mol. The summed E-state index contributed by atoms with van der Waals surface area (Å²) in [6.45, 7) is -0.853. The fourth-order valence-electron chi connectivity index (χ4n) is 3.92. The fourth-order valence-corrected chi connectivity index (χ4v) is 5.26. The van der Waals surface area contributed by atoms with Gasteiger partial charge in [-0.05, 0) is 36.1 Å². The van der Waals surface area contributed by atoms with E-state index in [0.29, 0.717) is 12.0 Å². The predicted octanol–water partition coefficient (Wildman–Crippen LogP) is 1.53. The first-order chi connectivity index (χ1) is 18.6. The molecule has 0 bridgehead atoms. The third-order valence-electron chi connectivity index (χ3n) is 5.98. The number of Topliss-reactive ketones (excluding diaryl/α,β-unsaturated/α-hetero) is 1. The maximum absolute atomic E-state index is 13.4. The molecule has 3 aromatic rings. The Balaban J connectivity index is 1.79. The highest BCUT2D eigenvalue weighted by atomic mass is 32.2. The smallest absolute Gasteiger partial charge is 0.248 e. The molecule has 0 aliphatic heterocycles. The molecule has 2 amide bonds. The van der Waals surface area contributed by atoms with Crippen LogP contribution in [0.5, 0.6) is 0 Å². The summed E-state index contributed by atoms with van der Waals surface area (Å²) in [5.74, 6) is -4.39. The molecule has 3 aromatic carbocycles. The van der Waals surface area contributed by atoms with Gasteiger partial charge in [0, 0.05) is 11.1 Å². The van der Waals surface area contributed by atoms with Gasteiger partial charge < -0.3 is 16.2 Å². The molecule has 10 nitrogen and oxygen atoms in total. The Morgan fingerprint density at radius 2 is 1.38 bits per heavy atom. The van der Waals surface area contributed by atoms with Gasteiger partial charge in [0.1, 0.15) is 11.9 Å². The number of aryl methyl sites for hydroxylation is 1. The summed E-state index contributed by atoms with van der Waals surface area (Å²) in [7, 11) is -4.04. The number of hydrogen-bond donors (Lipinski definition) is 5. The average Bonchev–Trinajstić information content (AvgIpc) is 2.92. The van der Waals surface area contributed by atoms with E-state index in [-0.39, 0.29) is 23.4 Å². The second kappa shape index (κ2) is 13.6. The largest absolute Gasteiger partial charge is 0.394 e. The molecule has 0 saturated heterocycles. The van der Waals surface area contributed by atoms with Gasteiger partial charge in [0.05, 0.1) is 18.3 Å². The Bertz CT molecular complexity index is 1410. The Morgan fingerprint density at radius 1 is 0.846 bits per heavy atom. The number of carbonyl (C=O) groups is 3. The van der Waals surface area contributed by atoms with E-state index in [1.54, 1.807) is 30.3 Å². The highest BCUT2D eigenvalue weighted by Gasteiger charge is 2.34. The van der Waals surface area contributed by atoms with Gasteiger partial charge in [-0.2, -0.15) is 0 Å². The molecule has 0 aliphatic rings. The zero-order valence-electron chi connectivity index (χ0n) is 21.0. The van der Waals surface area contributed by atoms with E-state index in [2.05, 4.69) is 10.0 Å². The van der Waals surface area contributed by atoms with Crippen LogP contribution in [0.1, 0.15) is 33.5 Å². The molecule has 0 fully saturated rings. The van der Waals surface area contributed by atoms with Gasteiger partial charge in [-0.15, -0.1) is 0 Å². The van der Waals surface area contributed by atoms with Crippen molar-refractivity contribution in [3.05, 3.63) is 107 Å². The molecule has 39 heavy (non-hydrogen) atoms. The minimum atomic E-state index is -4.04. The number of benzene rings is 3. The molecule has 0 aromatic heterocycles. The van der Waals surface area contributed by atoms with Crippen molar-refractivity contribution in [2.24, 2.45) is 11.7 Å². The standard InChI is InChI=1S/C28H30N4O6S/c29-26(21-12-14-22(15-13-21)27(30)35)31-28(36)23(16-11-19-7-3-1-4-8-19)25(34)24(17-33)32-39(37,38)18-20-9-5-2-6-10-20/h1-10,12-15,23-24,32-33H,11,16-18H2,(H2,30,35)(H2,29,31,36)/t23-,24+/m0/s1. The molecule has 204 valence electrons. The van der Waals surface area contributed by atoms with Crippen LogP contribution >= 0.6 is 0 Å². The minimum Gasteiger partial charge on any atom is -0.394 e. The van der Waals surface area contributed by atoms with E-state index in [9.17, 15) is 27.9 Å². The zero-order chi connectivity index (χ0) is 28.4. The molecule has 3 rings (SSSR count). The van der Waals surface area contributed by atoms with Crippen molar-refractivity contribution >= 4 is 33.5 Å². The predicted molar refractivity (Wildman–Crippen MR) is 146 cm³/mol. The second-order valence-corrected chi connectivity index (χ2v) is 10.6. The van der Waals surface area contributed by atoms with Gasteiger partial charge >= 0.3 is 0 Å². The van der Waals surface area contributed by atoms with Gasteiger partial charge in [-0.3, -0.25) is 19.8 Å². The summed E-state index contributed by atoms with van der Waals surface area (Å²) in [5.41, 5.74) is 7.07. The van der Waals surface area contributed by atoms with Gasteiger partial charge in [-0.25, -0.2) is 13.1 Å². The fraction of sp³-hybridized carbons (Fsp3) is 0.214. The lowest BCUT2D eigenvalue weighted by Gasteiger charge is -2.22. The van der Waals surface area contributed by atoms with Crippen LogP contribution in [0.2, 0.25) is 0 Å². The number of carbonyl (C=O) groups excluding carboxylic acids is 3. The van der Waals surface area contributed by atoms with Crippen molar-refractivity contribution in [1.82, 2.24) is 10.0 Å². The maximum Gasteiger partial charge on any atom is 0.248 e. The summed E-state index contributed by atoms with van der Waals surface area (Å²) in [5, 5.41) is 20.6. The molecule has 11 heteroatoms. The van der Waals surface area contributed by atoms with Crippen LogP contribution < -0.4 is 15.8 Å². The summed E-state index contributed by atoms with van der Waals surface area (Å²) < 4.78 is 27.7. The Hall–Kier alpha value is -4.19. The van der Waals surface area contributed by atoms with Crippen LogP contribution in [0.25, 0.3) is 0 Å². The lowest BCUT2D eigenvalue weighted by molar-refractivity contribution is -0.134. The van der Waals surface area contributed by atoms with Gasteiger partial charge in [-0.1, -0.05) is 72.8 Å². The van der Waals surface area contributed by atoms with Crippen molar-refractivity contribution in [3.63, 3.8) is 0 Å². The number of amides is 2. The highest BCUT2D eigenvalue weighted by molar-refractivity contribution is 7.88. The van der Waals surface area contributed by atoms with E-state index in [1.807, 2.05) is 30.3 Å². The topological polar surface area (TPSA) is 180 Å². The van der Waals surface area contributed by atoms with Gasteiger partial charge in [0.2, 0.25) is 21.8 Å². The number of rotatable bonds is 13. The number of sulfonamides is 1. The lowest BCUT2D eigenvalue weighted by atomic mass is 9.91. The highest BCUT2D eigenvalue weighted by Crippen LogP contribution is 2.16. The number of aliphatic hydroxyl groups is 1. The number of aliphatic hydroxyl groups excluding tert-OH is 1. The molecule has 0 saturated carbocycles. The third-order valence-corrected chi connectivity index (χ3v) is 7.34. The number of primary amides is 1. The Labute approximate surface area is 226 Å². The third kappa shape index (κ3) is 8.67. The van der Waals surface area contributed by atoms with Crippen LogP contribution in [0.3, 0.4) is 0 Å². The van der Waals surface area contributed by atoms with Crippen LogP contribution in [0, 0.1) is 11.3 Å². The van der Waals surface area contributed by atoms with Gasteiger partial charge in [0.25, 0.3) is 0 Å². The number of amidine groups is 1. The summed E-state index contributed by atoms with van der Waals surface area (Å²) in [6.07, 6.45) is 0.333. The van der Waals surface area contributed by atoms with E-state index in [1.165, 1.54) is 24.3 Å². The Kier molecular flexibility index (Phi) is 10.2. The second-order valence-electron chi connectivity index (χ2n) is 8.88. The first-order valence-corrected chi connectivity index (χ1v) is 13.8. The molecular formula is C28H30N4O6S. The molecule has 0 unspecified atom stereocenters. The molecule has 0 heterocycles. The number of nitrogens with one attached hydrogen (secondary N) is 3. The monoisotopic (exact) mass is 550 g/mol. The van der Waals surface area contributed by atoms with Crippen molar-refractivity contribution in [2.75, 3.05) is 6.61 Å². The lowest BCUT2D eigenvalue weighted by Crippen LogP contribution is -2.50. The minimum absolute atomic E-state index is 0.0134. The maximum atomic E-state index is 13.4. The molecule has 6 N–H and O–H groups in total. The van der Waals surface area contributed by atoms with Gasteiger partial charge in [0.15, 0.2) is 5.78 Å². The summed E-state index contributed by atoms with van der Waals surface area (Å²) in [4.78, 5) is 38.0. The molecule has 0 spiro atoms. The normalized spacial score (nSPS) is 12.7. The first-order valence-electron chi connectivity index (χ1n) is 12.1. The Morgan fingerprint density at radius 3 is 1.92 bits per heavy atom. The first kappa shape index (κ1) is 29.4. The summed E-state index contributed by atoms with van der Waals surface area (Å²) in [6, 6.07) is 21.5. The van der Waals surface area contributed by atoms with Crippen molar-refractivity contribution in [2.45, 2.75) is 24.6 Å². The number of nitrogens with two attached hydrogens (primary N) is 1. The van der Waals surface area contributed by atoms with Crippen molar-refractivity contribution < 1.29 is 27.9 Å². The zero-order valence-corrected chi connectivity index (χ0v) is 21.9. The van der Waals surface area contributed by atoms with Crippen molar-refractivity contribution in [1.29, 1.82) is 5.41 Å². The van der Waals surface area contributed by atoms with Crippen LogP contribution in [0.4, 0.5) is 0 Å². The molecule has 0 aliphatic carbocycles. The SMILES string of the molecule is N=C(NC(=O)[C@@H](CCc1ccccc1)C(=O)[C@@H](CO)NS(=O)(=O)Cc1ccccc1)c1ccc(C(N)=O)cc1.